The van der Waals surface area contributed by atoms with Crippen LogP contribution in [0.5, 0.6) is 0 Å². The first kappa shape index (κ1) is 13.1. The van der Waals surface area contributed by atoms with Crippen molar-refractivity contribution >= 4 is 11.3 Å². The molecule has 2 aromatic rings. The number of rotatable bonds is 6. The molecule has 0 aliphatic heterocycles. The lowest BCUT2D eigenvalue weighted by Crippen LogP contribution is -2.23. The molecule has 7 heteroatoms. The SMILES string of the molecule is Cc1cnc(C(C)NCCn2cc(CN)nn2)s1. The topological polar surface area (TPSA) is 81.7 Å². The minimum atomic E-state index is 0.265. The predicted molar refractivity (Wildman–Crippen MR) is 71.2 cm³/mol. The van der Waals surface area contributed by atoms with Gasteiger partial charge in [0, 0.05) is 30.4 Å². The van der Waals surface area contributed by atoms with Crippen molar-refractivity contribution in [3.8, 4) is 0 Å². The average Bonchev–Trinajstić information content (AvgIpc) is 2.98. The third-order valence-electron chi connectivity index (χ3n) is 2.60. The van der Waals surface area contributed by atoms with Gasteiger partial charge in [-0.3, -0.25) is 4.68 Å². The Morgan fingerprint density at radius 2 is 2.39 bits per heavy atom. The summed E-state index contributed by atoms with van der Waals surface area (Å²) in [7, 11) is 0. The Bertz CT molecular complexity index is 491. The Morgan fingerprint density at radius 1 is 1.56 bits per heavy atom. The number of nitrogens with one attached hydrogen (secondary N) is 1. The van der Waals surface area contributed by atoms with Gasteiger partial charge in [0.2, 0.25) is 0 Å². The number of nitrogens with zero attached hydrogens (tertiary/aromatic N) is 4. The van der Waals surface area contributed by atoms with E-state index in [1.807, 2.05) is 12.4 Å². The molecule has 98 valence electrons. The van der Waals surface area contributed by atoms with E-state index in [0.717, 1.165) is 23.8 Å². The van der Waals surface area contributed by atoms with Gasteiger partial charge in [0.05, 0.1) is 18.3 Å². The average molecular weight is 266 g/mol. The maximum absolute atomic E-state index is 5.48. The molecule has 0 saturated heterocycles. The minimum Gasteiger partial charge on any atom is -0.325 e. The summed E-state index contributed by atoms with van der Waals surface area (Å²) in [6.07, 6.45) is 3.78. The van der Waals surface area contributed by atoms with E-state index >= 15 is 0 Å². The zero-order chi connectivity index (χ0) is 13.0. The zero-order valence-corrected chi connectivity index (χ0v) is 11.4. The van der Waals surface area contributed by atoms with Crippen molar-refractivity contribution in [2.45, 2.75) is 33.0 Å². The maximum atomic E-state index is 5.48. The van der Waals surface area contributed by atoms with Gasteiger partial charge >= 0.3 is 0 Å². The van der Waals surface area contributed by atoms with E-state index in [1.165, 1.54) is 4.88 Å². The van der Waals surface area contributed by atoms with Crippen LogP contribution in [0.4, 0.5) is 0 Å². The van der Waals surface area contributed by atoms with Gasteiger partial charge in [-0.2, -0.15) is 0 Å². The molecule has 0 fully saturated rings. The fraction of sp³-hybridized carbons (Fsp3) is 0.545. The van der Waals surface area contributed by atoms with E-state index in [1.54, 1.807) is 16.0 Å². The van der Waals surface area contributed by atoms with E-state index in [0.29, 0.717) is 6.54 Å². The van der Waals surface area contributed by atoms with E-state index in [9.17, 15) is 0 Å². The van der Waals surface area contributed by atoms with E-state index in [-0.39, 0.29) is 6.04 Å². The summed E-state index contributed by atoms with van der Waals surface area (Å²) >= 11 is 1.72. The standard InChI is InChI=1S/C11H18N6S/c1-8-6-14-11(18-8)9(2)13-3-4-17-7-10(5-12)15-16-17/h6-7,9,13H,3-5,12H2,1-2H3. The highest BCUT2D eigenvalue weighted by Crippen LogP contribution is 2.18. The molecule has 0 aliphatic carbocycles. The Morgan fingerprint density at radius 3 is 3.00 bits per heavy atom. The number of aromatic nitrogens is 4. The maximum Gasteiger partial charge on any atom is 0.109 e. The van der Waals surface area contributed by atoms with Crippen LogP contribution in [0, 0.1) is 6.92 Å². The second-order valence-electron chi connectivity index (χ2n) is 4.16. The fourth-order valence-corrected chi connectivity index (χ4v) is 2.40. The summed E-state index contributed by atoms with van der Waals surface area (Å²) < 4.78 is 1.80. The Balaban J connectivity index is 1.78. The van der Waals surface area contributed by atoms with Gasteiger partial charge < -0.3 is 11.1 Å². The van der Waals surface area contributed by atoms with Crippen LogP contribution in [0.1, 0.15) is 28.5 Å². The second kappa shape index (κ2) is 6.03. The first-order valence-corrected chi connectivity index (χ1v) is 6.75. The van der Waals surface area contributed by atoms with Crippen LogP contribution < -0.4 is 11.1 Å². The summed E-state index contributed by atoms with van der Waals surface area (Å²) in [5.74, 6) is 0. The van der Waals surface area contributed by atoms with Crippen LogP contribution in [0.25, 0.3) is 0 Å². The monoisotopic (exact) mass is 266 g/mol. The minimum absolute atomic E-state index is 0.265. The van der Waals surface area contributed by atoms with Crippen molar-refractivity contribution in [1.82, 2.24) is 25.3 Å². The molecule has 0 aromatic carbocycles. The van der Waals surface area contributed by atoms with Crippen molar-refractivity contribution in [1.29, 1.82) is 0 Å². The number of hydrogen-bond acceptors (Lipinski definition) is 6. The molecule has 0 radical (unpaired) electrons. The van der Waals surface area contributed by atoms with Gasteiger partial charge in [-0.1, -0.05) is 5.21 Å². The molecule has 1 atom stereocenters. The Labute approximate surface area is 110 Å². The molecule has 0 saturated carbocycles. The first-order chi connectivity index (χ1) is 8.69. The van der Waals surface area contributed by atoms with Crippen LogP contribution in [-0.4, -0.2) is 26.5 Å². The number of nitrogens with two attached hydrogens (primary N) is 1. The molecule has 0 spiro atoms. The van der Waals surface area contributed by atoms with Gasteiger partial charge in [0.1, 0.15) is 5.01 Å². The molecule has 3 N–H and O–H groups in total. The van der Waals surface area contributed by atoms with Crippen molar-refractivity contribution in [2.24, 2.45) is 5.73 Å². The molecule has 2 rings (SSSR count). The molecule has 2 aromatic heterocycles. The summed E-state index contributed by atoms with van der Waals surface area (Å²) in [5.41, 5.74) is 6.30. The lowest BCUT2D eigenvalue weighted by Gasteiger charge is -2.10. The summed E-state index contributed by atoms with van der Waals surface area (Å²) in [6.45, 7) is 6.22. The van der Waals surface area contributed by atoms with Crippen molar-refractivity contribution in [3.05, 3.63) is 28.0 Å². The molecule has 1 unspecified atom stereocenters. The van der Waals surface area contributed by atoms with Crippen molar-refractivity contribution < 1.29 is 0 Å². The number of thiazole rings is 1. The third-order valence-corrected chi connectivity index (χ3v) is 3.69. The molecule has 0 aliphatic rings. The molecule has 2 heterocycles. The summed E-state index contributed by atoms with van der Waals surface area (Å²) in [6, 6.07) is 0.265. The number of aryl methyl sites for hydroxylation is 1. The van der Waals surface area contributed by atoms with E-state index < -0.39 is 0 Å². The zero-order valence-electron chi connectivity index (χ0n) is 10.6. The number of hydrogen-bond donors (Lipinski definition) is 2. The third kappa shape index (κ3) is 3.34. The first-order valence-electron chi connectivity index (χ1n) is 5.94. The van der Waals surface area contributed by atoms with E-state index in [2.05, 4.69) is 34.5 Å². The van der Waals surface area contributed by atoms with Gasteiger partial charge in [-0.25, -0.2) is 4.98 Å². The Hall–Kier alpha value is -1.31. The smallest absolute Gasteiger partial charge is 0.109 e. The van der Waals surface area contributed by atoms with Crippen molar-refractivity contribution in [3.63, 3.8) is 0 Å². The van der Waals surface area contributed by atoms with Crippen LogP contribution in [0.15, 0.2) is 12.4 Å². The van der Waals surface area contributed by atoms with Crippen LogP contribution in [-0.2, 0) is 13.1 Å². The van der Waals surface area contributed by atoms with Gasteiger partial charge in [0.25, 0.3) is 0 Å². The normalized spacial score (nSPS) is 12.8. The molecule has 18 heavy (non-hydrogen) atoms. The quantitative estimate of drug-likeness (QED) is 0.810. The highest BCUT2D eigenvalue weighted by atomic mass is 32.1. The second-order valence-corrected chi connectivity index (χ2v) is 5.43. The molecular formula is C11H18N6S. The lowest BCUT2D eigenvalue weighted by atomic mass is 10.3. The van der Waals surface area contributed by atoms with Crippen molar-refractivity contribution in [2.75, 3.05) is 6.54 Å². The Kier molecular flexibility index (Phi) is 4.40. The predicted octanol–water partition coefficient (Wildman–Crippen LogP) is 0.853. The van der Waals surface area contributed by atoms with Crippen LogP contribution in [0.3, 0.4) is 0 Å². The lowest BCUT2D eigenvalue weighted by molar-refractivity contribution is 0.498. The highest BCUT2D eigenvalue weighted by Gasteiger charge is 2.08. The van der Waals surface area contributed by atoms with Gasteiger partial charge in [0.15, 0.2) is 0 Å². The molecule has 6 nitrogen and oxygen atoms in total. The summed E-state index contributed by atoms with van der Waals surface area (Å²) in [4.78, 5) is 5.60. The van der Waals surface area contributed by atoms with Gasteiger partial charge in [-0.15, -0.1) is 16.4 Å². The van der Waals surface area contributed by atoms with Gasteiger partial charge in [-0.05, 0) is 13.8 Å². The summed E-state index contributed by atoms with van der Waals surface area (Å²) in [5, 5.41) is 12.5. The molecule has 0 amide bonds. The fourth-order valence-electron chi connectivity index (χ4n) is 1.60. The van der Waals surface area contributed by atoms with Crippen LogP contribution >= 0.6 is 11.3 Å². The van der Waals surface area contributed by atoms with Crippen LogP contribution in [0.2, 0.25) is 0 Å². The molecular weight excluding hydrogens is 248 g/mol. The van der Waals surface area contributed by atoms with E-state index in [4.69, 9.17) is 5.73 Å². The highest BCUT2D eigenvalue weighted by molar-refractivity contribution is 7.11. The molecule has 0 bridgehead atoms. The largest absolute Gasteiger partial charge is 0.325 e.